The molecule has 142 valence electrons. The maximum Gasteiger partial charge on any atom is 0.253 e. The third-order valence-corrected chi connectivity index (χ3v) is 4.89. The Morgan fingerprint density at radius 1 is 0.889 bits per heavy atom. The molecule has 3 rings (SSSR count). The Morgan fingerprint density at radius 3 is 2.19 bits per heavy atom. The van der Waals surface area contributed by atoms with Crippen molar-refractivity contribution in [2.45, 2.75) is 12.8 Å². The Kier molecular flexibility index (Phi) is 6.99. The first-order valence-corrected chi connectivity index (χ1v) is 9.61. The number of nitrogens with one attached hydrogen (secondary N) is 1. The minimum atomic E-state index is -0.0142. The molecule has 2 amide bonds. The number of carbonyl (C=O) groups is 2. The lowest BCUT2D eigenvalue weighted by molar-refractivity contribution is -0.131. The van der Waals surface area contributed by atoms with Crippen LogP contribution >= 0.6 is 0 Å². The van der Waals surface area contributed by atoms with Gasteiger partial charge in [0.05, 0.1) is 0 Å². The van der Waals surface area contributed by atoms with Gasteiger partial charge in [-0.3, -0.25) is 9.59 Å². The molecule has 0 aromatic heterocycles. The summed E-state index contributed by atoms with van der Waals surface area (Å²) < 4.78 is 0. The molecule has 5 nitrogen and oxygen atoms in total. The highest BCUT2D eigenvalue weighted by atomic mass is 16.2. The summed E-state index contributed by atoms with van der Waals surface area (Å²) in [4.78, 5) is 29.1. The predicted octanol–water partition coefficient (Wildman–Crippen LogP) is 2.19. The first-order chi connectivity index (χ1) is 13.2. The first kappa shape index (κ1) is 19.1. The molecule has 0 radical (unpaired) electrons. The van der Waals surface area contributed by atoms with Crippen molar-refractivity contribution in [2.75, 3.05) is 39.3 Å². The van der Waals surface area contributed by atoms with E-state index in [1.165, 1.54) is 5.56 Å². The summed E-state index contributed by atoms with van der Waals surface area (Å²) in [5.41, 5.74) is 1.86. The number of nitrogens with zero attached hydrogens (tertiary/aromatic N) is 2. The summed E-state index contributed by atoms with van der Waals surface area (Å²) in [7, 11) is 0. The molecule has 1 heterocycles. The molecule has 0 saturated carbocycles. The van der Waals surface area contributed by atoms with Crippen LogP contribution in [0.1, 0.15) is 22.3 Å². The van der Waals surface area contributed by atoms with E-state index in [9.17, 15) is 9.59 Å². The minimum absolute atomic E-state index is 0.0142. The molecule has 1 N–H and O–H groups in total. The second-order valence-corrected chi connectivity index (χ2v) is 6.77. The second kappa shape index (κ2) is 9.88. The van der Waals surface area contributed by atoms with Gasteiger partial charge in [-0.15, -0.1) is 0 Å². The van der Waals surface area contributed by atoms with E-state index in [2.05, 4.69) is 17.4 Å². The van der Waals surface area contributed by atoms with Crippen molar-refractivity contribution in [3.63, 3.8) is 0 Å². The smallest absolute Gasteiger partial charge is 0.253 e. The third kappa shape index (κ3) is 5.66. The number of hydrogen-bond acceptors (Lipinski definition) is 3. The van der Waals surface area contributed by atoms with Crippen molar-refractivity contribution >= 4 is 11.8 Å². The molecule has 5 heteroatoms. The van der Waals surface area contributed by atoms with Gasteiger partial charge in [0.25, 0.3) is 5.91 Å². The Balaban J connectivity index is 1.63. The molecular weight excluding hydrogens is 338 g/mol. The molecule has 1 fully saturated rings. The van der Waals surface area contributed by atoms with E-state index in [1.54, 1.807) is 0 Å². The highest BCUT2D eigenvalue weighted by molar-refractivity contribution is 5.94. The topological polar surface area (TPSA) is 52.7 Å². The van der Waals surface area contributed by atoms with E-state index < -0.39 is 0 Å². The molecule has 0 unspecified atom stereocenters. The average Bonchev–Trinajstić information content (AvgIpc) is 2.75. The minimum Gasteiger partial charge on any atom is -0.340 e. The van der Waals surface area contributed by atoms with Crippen LogP contribution in [0.5, 0.6) is 0 Å². The average molecular weight is 365 g/mol. The fourth-order valence-electron chi connectivity index (χ4n) is 3.29. The van der Waals surface area contributed by atoms with Gasteiger partial charge in [0, 0.05) is 51.3 Å². The van der Waals surface area contributed by atoms with E-state index >= 15 is 0 Å². The van der Waals surface area contributed by atoms with Gasteiger partial charge in [-0.1, -0.05) is 48.5 Å². The van der Waals surface area contributed by atoms with E-state index in [0.29, 0.717) is 25.1 Å². The normalized spacial score (nSPS) is 14.0. The van der Waals surface area contributed by atoms with Crippen LogP contribution in [0.25, 0.3) is 0 Å². The van der Waals surface area contributed by atoms with Gasteiger partial charge in [0.15, 0.2) is 0 Å². The van der Waals surface area contributed by atoms with E-state index in [1.807, 2.05) is 58.3 Å². The standard InChI is InChI=1S/C22H27N3O2/c26-21(24-17-13-23-14-18-24)12-16-25(15-11-19-7-3-1-4-8-19)22(27)20-9-5-2-6-10-20/h1-10,23H,11-18H2. The fourth-order valence-corrected chi connectivity index (χ4v) is 3.29. The molecule has 0 aliphatic carbocycles. The molecular formula is C22H27N3O2. The van der Waals surface area contributed by atoms with Gasteiger partial charge < -0.3 is 15.1 Å². The van der Waals surface area contributed by atoms with Gasteiger partial charge in [-0.25, -0.2) is 0 Å². The Hall–Kier alpha value is -2.66. The molecule has 1 aliphatic rings. The first-order valence-electron chi connectivity index (χ1n) is 9.61. The van der Waals surface area contributed by atoms with E-state index in [-0.39, 0.29) is 11.8 Å². The lowest BCUT2D eigenvalue weighted by Gasteiger charge is -2.29. The van der Waals surface area contributed by atoms with Crippen molar-refractivity contribution in [1.29, 1.82) is 0 Å². The highest BCUT2D eigenvalue weighted by Crippen LogP contribution is 2.09. The largest absolute Gasteiger partial charge is 0.340 e. The number of rotatable bonds is 7. The summed E-state index contributed by atoms with van der Waals surface area (Å²) in [6.45, 7) is 4.22. The van der Waals surface area contributed by atoms with Gasteiger partial charge in [0.1, 0.15) is 0 Å². The van der Waals surface area contributed by atoms with Crippen LogP contribution in [0.2, 0.25) is 0 Å². The zero-order chi connectivity index (χ0) is 18.9. The number of hydrogen-bond donors (Lipinski definition) is 1. The van der Waals surface area contributed by atoms with Crippen molar-refractivity contribution in [3.8, 4) is 0 Å². The van der Waals surface area contributed by atoms with Gasteiger partial charge in [0.2, 0.25) is 5.91 Å². The quantitative estimate of drug-likeness (QED) is 0.818. The summed E-state index contributed by atoms with van der Waals surface area (Å²) in [5.74, 6) is 0.113. The van der Waals surface area contributed by atoms with Crippen LogP contribution in [-0.4, -0.2) is 60.9 Å². The molecule has 0 spiro atoms. The molecule has 27 heavy (non-hydrogen) atoms. The molecule has 0 atom stereocenters. The number of amides is 2. The second-order valence-electron chi connectivity index (χ2n) is 6.77. The van der Waals surface area contributed by atoms with E-state index in [4.69, 9.17) is 0 Å². The molecule has 0 bridgehead atoms. The Labute approximate surface area is 161 Å². The maximum atomic E-state index is 12.9. The van der Waals surface area contributed by atoms with Crippen molar-refractivity contribution in [3.05, 3.63) is 71.8 Å². The summed E-state index contributed by atoms with van der Waals surface area (Å²) in [6, 6.07) is 19.4. The summed E-state index contributed by atoms with van der Waals surface area (Å²) in [6.07, 6.45) is 1.15. The SMILES string of the molecule is O=C(CCN(CCc1ccccc1)C(=O)c1ccccc1)N1CCNCC1. The monoisotopic (exact) mass is 365 g/mol. The van der Waals surface area contributed by atoms with Crippen LogP contribution in [0.3, 0.4) is 0 Å². The zero-order valence-electron chi connectivity index (χ0n) is 15.6. The van der Waals surface area contributed by atoms with Crippen LogP contribution in [0.4, 0.5) is 0 Å². The van der Waals surface area contributed by atoms with Gasteiger partial charge in [-0.2, -0.15) is 0 Å². The molecule has 2 aromatic rings. The number of carbonyl (C=O) groups excluding carboxylic acids is 2. The van der Waals surface area contributed by atoms with Crippen molar-refractivity contribution in [1.82, 2.24) is 15.1 Å². The van der Waals surface area contributed by atoms with Crippen molar-refractivity contribution < 1.29 is 9.59 Å². The van der Waals surface area contributed by atoms with E-state index in [0.717, 1.165) is 32.6 Å². The van der Waals surface area contributed by atoms with Crippen LogP contribution in [0, 0.1) is 0 Å². The zero-order valence-corrected chi connectivity index (χ0v) is 15.6. The van der Waals surface area contributed by atoms with Gasteiger partial charge in [-0.05, 0) is 24.1 Å². The lowest BCUT2D eigenvalue weighted by Crippen LogP contribution is -2.47. The van der Waals surface area contributed by atoms with Crippen molar-refractivity contribution in [2.24, 2.45) is 0 Å². The maximum absolute atomic E-state index is 12.9. The van der Waals surface area contributed by atoms with Crippen LogP contribution < -0.4 is 5.32 Å². The Bertz CT molecular complexity index is 728. The Morgan fingerprint density at radius 2 is 1.52 bits per heavy atom. The lowest BCUT2D eigenvalue weighted by atomic mass is 10.1. The number of piperazine rings is 1. The highest BCUT2D eigenvalue weighted by Gasteiger charge is 2.20. The third-order valence-electron chi connectivity index (χ3n) is 4.89. The van der Waals surface area contributed by atoms with Crippen LogP contribution in [0.15, 0.2) is 60.7 Å². The molecule has 2 aromatic carbocycles. The predicted molar refractivity (Wildman–Crippen MR) is 107 cm³/mol. The fraction of sp³-hybridized carbons (Fsp3) is 0.364. The molecule has 1 saturated heterocycles. The summed E-state index contributed by atoms with van der Waals surface area (Å²) in [5, 5.41) is 3.25. The van der Waals surface area contributed by atoms with Gasteiger partial charge >= 0.3 is 0 Å². The molecule has 1 aliphatic heterocycles. The summed E-state index contributed by atoms with van der Waals surface area (Å²) >= 11 is 0. The number of benzene rings is 2. The van der Waals surface area contributed by atoms with Crippen LogP contribution in [-0.2, 0) is 11.2 Å².